The van der Waals surface area contributed by atoms with Crippen LogP contribution in [-0.4, -0.2) is 31.2 Å². The normalized spacial score (nSPS) is 11.9. The van der Waals surface area contributed by atoms with E-state index in [0.29, 0.717) is 23.5 Å². The fraction of sp³-hybridized carbons (Fsp3) is 0.500. The molecule has 0 aliphatic carbocycles. The summed E-state index contributed by atoms with van der Waals surface area (Å²) in [7, 11) is 3.03. The van der Waals surface area contributed by atoms with Crippen molar-refractivity contribution in [3.05, 3.63) is 23.8 Å². The van der Waals surface area contributed by atoms with Crippen molar-refractivity contribution in [1.29, 1.82) is 0 Å². The Balaban J connectivity index is 3.00. The van der Waals surface area contributed by atoms with Gasteiger partial charge in [-0.05, 0) is 23.6 Å². The highest BCUT2D eigenvalue weighted by atomic mass is 16.5. The maximum Gasteiger partial charge on any atom is 0.305 e. The van der Waals surface area contributed by atoms with Gasteiger partial charge in [-0.25, -0.2) is 0 Å². The Kier molecular flexibility index (Phi) is 6.69. The van der Waals surface area contributed by atoms with Crippen molar-refractivity contribution >= 4 is 11.9 Å². The number of hydrogen-bond donors (Lipinski definition) is 2. The van der Waals surface area contributed by atoms with Gasteiger partial charge in [0, 0.05) is 6.42 Å². The third-order valence-electron chi connectivity index (χ3n) is 3.12. The molecule has 0 heterocycles. The Morgan fingerprint density at radius 1 is 1.14 bits per heavy atom. The van der Waals surface area contributed by atoms with Gasteiger partial charge in [0.2, 0.25) is 5.91 Å². The molecule has 0 bridgehead atoms. The van der Waals surface area contributed by atoms with Gasteiger partial charge in [0.15, 0.2) is 11.5 Å². The number of carboxylic acids is 1. The maximum atomic E-state index is 11.9. The van der Waals surface area contributed by atoms with Gasteiger partial charge >= 0.3 is 5.97 Å². The van der Waals surface area contributed by atoms with E-state index in [-0.39, 0.29) is 18.2 Å². The second-order valence-corrected chi connectivity index (χ2v) is 5.43. The van der Waals surface area contributed by atoms with Crippen LogP contribution in [0, 0.1) is 5.92 Å². The zero-order valence-electron chi connectivity index (χ0n) is 13.4. The second kappa shape index (κ2) is 8.26. The lowest BCUT2D eigenvalue weighted by Crippen LogP contribution is -2.30. The predicted octanol–water partition coefficient (Wildman–Crippen LogP) is 2.38. The number of carboxylic acid groups (broad SMARTS) is 1. The number of carbonyl (C=O) groups is 2. The number of nitrogens with one attached hydrogen (secondary N) is 1. The molecule has 0 spiro atoms. The Hall–Kier alpha value is -2.24. The van der Waals surface area contributed by atoms with Gasteiger partial charge in [0.05, 0.1) is 26.7 Å². The highest BCUT2D eigenvalue weighted by Crippen LogP contribution is 2.31. The molecule has 0 aliphatic rings. The number of ether oxygens (including phenoxy) is 2. The van der Waals surface area contributed by atoms with E-state index < -0.39 is 12.0 Å². The van der Waals surface area contributed by atoms with Crippen LogP contribution in [0.1, 0.15) is 38.3 Å². The summed E-state index contributed by atoms with van der Waals surface area (Å²) in [4.78, 5) is 23.0. The van der Waals surface area contributed by atoms with Gasteiger partial charge in [0.25, 0.3) is 0 Å². The van der Waals surface area contributed by atoms with Crippen LogP contribution in [0.5, 0.6) is 11.5 Å². The lowest BCUT2D eigenvalue weighted by atomic mass is 10.0. The largest absolute Gasteiger partial charge is 0.493 e. The number of rotatable bonds is 8. The summed E-state index contributed by atoms with van der Waals surface area (Å²) < 4.78 is 10.4. The summed E-state index contributed by atoms with van der Waals surface area (Å²) in [6, 6.07) is 4.49. The summed E-state index contributed by atoms with van der Waals surface area (Å²) in [6.45, 7) is 3.87. The molecule has 1 aromatic carbocycles. The van der Waals surface area contributed by atoms with Crippen LogP contribution in [0.15, 0.2) is 18.2 Å². The SMILES string of the molecule is COc1ccc(C(CC(=O)O)NC(=O)CC(C)C)cc1OC. The van der Waals surface area contributed by atoms with Gasteiger partial charge in [-0.3, -0.25) is 9.59 Å². The molecule has 0 saturated heterocycles. The van der Waals surface area contributed by atoms with Crippen molar-refractivity contribution in [3.8, 4) is 11.5 Å². The van der Waals surface area contributed by atoms with E-state index in [1.807, 2.05) is 13.8 Å². The summed E-state index contributed by atoms with van der Waals surface area (Å²) in [5, 5.41) is 11.8. The Morgan fingerprint density at radius 2 is 1.77 bits per heavy atom. The highest BCUT2D eigenvalue weighted by Gasteiger charge is 2.20. The summed E-state index contributed by atoms with van der Waals surface area (Å²) >= 11 is 0. The van der Waals surface area contributed by atoms with Crippen LogP contribution < -0.4 is 14.8 Å². The molecule has 1 amide bonds. The maximum absolute atomic E-state index is 11.9. The van der Waals surface area contributed by atoms with E-state index in [0.717, 1.165) is 0 Å². The summed E-state index contributed by atoms with van der Waals surface area (Å²) in [5.41, 5.74) is 0.664. The van der Waals surface area contributed by atoms with Crippen molar-refractivity contribution in [2.45, 2.75) is 32.7 Å². The highest BCUT2D eigenvalue weighted by molar-refractivity contribution is 5.78. The number of methoxy groups -OCH3 is 2. The van der Waals surface area contributed by atoms with Crippen LogP contribution >= 0.6 is 0 Å². The van der Waals surface area contributed by atoms with Crippen molar-refractivity contribution in [2.24, 2.45) is 5.92 Å². The molecule has 1 rings (SSSR count). The summed E-state index contributed by atoms with van der Waals surface area (Å²) in [5.74, 6) is 0.0962. The first-order valence-corrected chi connectivity index (χ1v) is 7.10. The number of aliphatic carboxylic acids is 1. The van der Waals surface area contributed by atoms with Crippen LogP contribution in [-0.2, 0) is 9.59 Å². The molecule has 0 radical (unpaired) electrons. The fourth-order valence-corrected chi connectivity index (χ4v) is 2.12. The van der Waals surface area contributed by atoms with E-state index in [4.69, 9.17) is 14.6 Å². The van der Waals surface area contributed by atoms with E-state index >= 15 is 0 Å². The van der Waals surface area contributed by atoms with Gasteiger partial charge in [-0.2, -0.15) is 0 Å². The summed E-state index contributed by atoms with van der Waals surface area (Å²) in [6.07, 6.45) is 0.155. The minimum atomic E-state index is -0.982. The molecule has 1 unspecified atom stereocenters. The first-order chi connectivity index (χ1) is 10.4. The average Bonchev–Trinajstić information content (AvgIpc) is 2.44. The monoisotopic (exact) mass is 309 g/mol. The molecule has 1 atom stereocenters. The van der Waals surface area contributed by atoms with Crippen molar-refractivity contribution in [2.75, 3.05) is 14.2 Å². The van der Waals surface area contributed by atoms with E-state index in [1.54, 1.807) is 18.2 Å². The lowest BCUT2D eigenvalue weighted by Gasteiger charge is -2.19. The number of amides is 1. The zero-order valence-corrected chi connectivity index (χ0v) is 13.4. The predicted molar refractivity (Wildman–Crippen MR) is 82.1 cm³/mol. The number of hydrogen-bond acceptors (Lipinski definition) is 4. The van der Waals surface area contributed by atoms with Crippen LogP contribution in [0.4, 0.5) is 0 Å². The molecule has 0 aliphatic heterocycles. The molecule has 22 heavy (non-hydrogen) atoms. The molecule has 0 saturated carbocycles. The van der Waals surface area contributed by atoms with Gasteiger partial charge in [0.1, 0.15) is 0 Å². The molecule has 6 nitrogen and oxygen atoms in total. The topological polar surface area (TPSA) is 84.9 Å². The van der Waals surface area contributed by atoms with Gasteiger partial charge in [-0.1, -0.05) is 19.9 Å². The minimum absolute atomic E-state index is 0.170. The van der Waals surface area contributed by atoms with Gasteiger partial charge < -0.3 is 19.9 Å². The van der Waals surface area contributed by atoms with Gasteiger partial charge in [-0.15, -0.1) is 0 Å². The first-order valence-electron chi connectivity index (χ1n) is 7.10. The third-order valence-corrected chi connectivity index (χ3v) is 3.12. The molecule has 0 fully saturated rings. The molecular formula is C16H23NO5. The van der Waals surface area contributed by atoms with E-state index in [2.05, 4.69) is 5.32 Å². The first kappa shape index (κ1) is 17.8. The smallest absolute Gasteiger partial charge is 0.305 e. The Labute approximate surface area is 130 Å². The average molecular weight is 309 g/mol. The number of carbonyl (C=O) groups excluding carboxylic acids is 1. The van der Waals surface area contributed by atoms with Crippen molar-refractivity contribution in [1.82, 2.24) is 5.32 Å². The Bertz CT molecular complexity index is 527. The van der Waals surface area contributed by atoms with E-state index in [9.17, 15) is 9.59 Å². The Morgan fingerprint density at radius 3 is 2.27 bits per heavy atom. The third kappa shape index (κ3) is 5.27. The molecular weight excluding hydrogens is 286 g/mol. The van der Waals surface area contributed by atoms with Crippen molar-refractivity contribution < 1.29 is 24.2 Å². The molecule has 0 aromatic heterocycles. The molecule has 1 aromatic rings. The molecule has 6 heteroatoms. The quantitative estimate of drug-likeness (QED) is 0.770. The fourth-order valence-electron chi connectivity index (χ4n) is 2.12. The molecule has 2 N–H and O–H groups in total. The van der Waals surface area contributed by atoms with Crippen LogP contribution in [0.3, 0.4) is 0 Å². The second-order valence-electron chi connectivity index (χ2n) is 5.43. The van der Waals surface area contributed by atoms with Crippen LogP contribution in [0.2, 0.25) is 0 Å². The molecule has 122 valence electrons. The van der Waals surface area contributed by atoms with Crippen molar-refractivity contribution in [3.63, 3.8) is 0 Å². The minimum Gasteiger partial charge on any atom is -0.493 e. The van der Waals surface area contributed by atoms with E-state index in [1.165, 1.54) is 14.2 Å². The standard InChI is InChI=1S/C16H23NO5/c1-10(2)7-15(18)17-12(9-16(19)20)11-5-6-13(21-3)14(8-11)22-4/h5-6,8,10,12H,7,9H2,1-4H3,(H,17,18)(H,19,20). The van der Waals surface area contributed by atoms with Crippen LogP contribution in [0.25, 0.3) is 0 Å². The number of benzene rings is 1. The zero-order chi connectivity index (χ0) is 16.7. The lowest BCUT2D eigenvalue weighted by molar-refractivity contribution is -0.137.